The molecule has 0 saturated carbocycles. The van der Waals surface area contributed by atoms with Crippen LogP contribution < -0.4 is 4.74 Å². The van der Waals surface area contributed by atoms with E-state index in [1.165, 1.54) is 13.2 Å². The Morgan fingerprint density at radius 1 is 1.31 bits per heavy atom. The summed E-state index contributed by atoms with van der Waals surface area (Å²) in [4.78, 5) is 22.3. The van der Waals surface area contributed by atoms with Gasteiger partial charge in [-0.2, -0.15) is 0 Å². The summed E-state index contributed by atoms with van der Waals surface area (Å²) in [5.41, 5.74) is 0.228. The zero-order valence-electron chi connectivity index (χ0n) is 8.90. The molecule has 0 heterocycles. The maximum atomic E-state index is 11.4. The quantitative estimate of drug-likeness (QED) is 0.485. The van der Waals surface area contributed by atoms with Crippen LogP contribution in [0.4, 0.5) is 0 Å². The van der Waals surface area contributed by atoms with Gasteiger partial charge in [0, 0.05) is 0 Å². The highest BCUT2D eigenvalue weighted by Gasteiger charge is 2.17. The van der Waals surface area contributed by atoms with Gasteiger partial charge in [-0.25, -0.2) is 4.79 Å². The highest BCUT2D eigenvalue weighted by atomic mass is 79.9. The summed E-state index contributed by atoms with van der Waals surface area (Å²) in [6, 6.07) is 6.42. The van der Waals surface area contributed by atoms with E-state index in [0.29, 0.717) is 0 Å². The second-order valence-corrected chi connectivity index (χ2v) is 4.40. The first-order chi connectivity index (χ1) is 7.56. The lowest BCUT2D eigenvalue weighted by atomic mass is 10.2. The molecule has 16 heavy (non-hydrogen) atoms. The monoisotopic (exact) mass is 286 g/mol. The number of carbonyl (C=O) groups excluding carboxylic acids is 2. The fourth-order valence-electron chi connectivity index (χ4n) is 1.02. The second kappa shape index (κ2) is 5.65. The fourth-order valence-corrected chi connectivity index (χ4v) is 1.12. The van der Waals surface area contributed by atoms with Crippen molar-refractivity contribution in [1.82, 2.24) is 0 Å². The fraction of sp³-hybridized carbons (Fsp3) is 0.273. The molecule has 1 atom stereocenters. The van der Waals surface area contributed by atoms with Crippen LogP contribution >= 0.6 is 15.9 Å². The predicted octanol–water partition coefficient (Wildman–Crippen LogP) is 2.16. The summed E-state index contributed by atoms with van der Waals surface area (Å²) < 4.78 is 9.62. The average molecular weight is 287 g/mol. The maximum absolute atomic E-state index is 11.4. The third-order valence-electron chi connectivity index (χ3n) is 1.83. The van der Waals surface area contributed by atoms with Crippen molar-refractivity contribution in [3.63, 3.8) is 0 Å². The summed E-state index contributed by atoms with van der Waals surface area (Å²) in [6.45, 7) is 1.64. The van der Waals surface area contributed by atoms with Gasteiger partial charge in [-0.15, -0.1) is 0 Å². The van der Waals surface area contributed by atoms with Crippen LogP contribution in [0.2, 0.25) is 0 Å². The SMILES string of the molecule is COC(=O)c1ccccc1OC(=O)C(C)Br. The van der Waals surface area contributed by atoms with Crippen molar-refractivity contribution >= 4 is 27.9 Å². The molecular formula is C11H11BrO4. The molecule has 1 aromatic rings. The van der Waals surface area contributed by atoms with Gasteiger partial charge in [0.2, 0.25) is 0 Å². The van der Waals surface area contributed by atoms with E-state index in [-0.39, 0.29) is 11.3 Å². The van der Waals surface area contributed by atoms with E-state index in [9.17, 15) is 9.59 Å². The van der Waals surface area contributed by atoms with Crippen molar-refractivity contribution in [3.8, 4) is 5.75 Å². The molecule has 0 aliphatic carbocycles. The minimum atomic E-state index is -0.536. The summed E-state index contributed by atoms with van der Waals surface area (Å²) in [5.74, 6) is -0.798. The lowest BCUT2D eigenvalue weighted by molar-refractivity contribution is -0.133. The highest BCUT2D eigenvalue weighted by molar-refractivity contribution is 9.10. The average Bonchev–Trinajstić information content (AvgIpc) is 2.28. The number of alkyl halides is 1. The van der Waals surface area contributed by atoms with Gasteiger partial charge in [0.25, 0.3) is 0 Å². The summed E-state index contributed by atoms with van der Waals surface area (Å²) in [6.07, 6.45) is 0. The summed E-state index contributed by atoms with van der Waals surface area (Å²) in [7, 11) is 1.27. The number of benzene rings is 1. The van der Waals surface area contributed by atoms with Gasteiger partial charge in [0.05, 0.1) is 7.11 Å². The largest absolute Gasteiger partial charge is 0.465 e. The van der Waals surface area contributed by atoms with Crippen molar-refractivity contribution in [2.45, 2.75) is 11.8 Å². The molecule has 0 radical (unpaired) electrons. The number of ether oxygens (including phenoxy) is 2. The number of halogens is 1. The number of para-hydroxylation sites is 1. The van der Waals surface area contributed by atoms with Crippen molar-refractivity contribution in [3.05, 3.63) is 29.8 Å². The number of hydrogen-bond donors (Lipinski definition) is 0. The van der Waals surface area contributed by atoms with Crippen molar-refractivity contribution in [2.24, 2.45) is 0 Å². The molecule has 0 N–H and O–H groups in total. The third-order valence-corrected chi connectivity index (χ3v) is 2.20. The molecule has 0 spiro atoms. The van der Waals surface area contributed by atoms with Gasteiger partial charge in [-0.3, -0.25) is 4.79 Å². The van der Waals surface area contributed by atoms with E-state index in [2.05, 4.69) is 20.7 Å². The van der Waals surface area contributed by atoms with Gasteiger partial charge in [-0.05, 0) is 19.1 Å². The zero-order chi connectivity index (χ0) is 12.1. The predicted molar refractivity (Wildman–Crippen MR) is 61.8 cm³/mol. The molecule has 5 heteroatoms. The number of rotatable bonds is 3. The molecule has 1 unspecified atom stereocenters. The van der Waals surface area contributed by atoms with Crippen LogP contribution in [0.15, 0.2) is 24.3 Å². The Morgan fingerprint density at radius 3 is 2.50 bits per heavy atom. The maximum Gasteiger partial charge on any atom is 0.341 e. The number of esters is 2. The lowest BCUT2D eigenvalue weighted by Crippen LogP contribution is -2.18. The van der Waals surface area contributed by atoms with Gasteiger partial charge in [0.1, 0.15) is 16.1 Å². The number of carbonyl (C=O) groups is 2. The van der Waals surface area contributed by atoms with Crippen LogP contribution in [0.3, 0.4) is 0 Å². The molecule has 0 aliphatic heterocycles. The Labute approximate surface area is 102 Å². The van der Waals surface area contributed by atoms with E-state index in [4.69, 9.17) is 4.74 Å². The van der Waals surface area contributed by atoms with Crippen LogP contribution in [0.1, 0.15) is 17.3 Å². The zero-order valence-corrected chi connectivity index (χ0v) is 10.5. The van der Waals surface area contributed by atoms with Crippen LogP contribution in [-0.4, -0.2) is 23.9 Å². The van der Waals surface area contributed by atoms with Crippen molar-refractivity contribution in [2.75, 3.05) is 7.11 Å². The Hall–Kier alpha value is -1.36. The highest BCUT2D eigenvalue weighted by Crippen LogP contribution is 2.20. The Balaban J connectivity index is 2.95. The first-order valence-corrected chi connectivity index (χ1v) is 5.51. The lowest BCUT2D eigenvalue weighted by Gasteiger charge is -2.09. The smallest absolute Gasteiger partial charge is 0.341 e. The molecule has 0 saturated heterocycles. The topological polar surface area (TPSA) is 52.6 Å². The van der Waals surface area contributed by atoms with Crippen LogP contribution in [0.5, 0.6) is 5.75 Å². The normalized spacial score (nSPS) is 11.7. The third kappa shape index (κ3) is 3.06. The van der Waals surface area contributed by atoms with E-state index in [0.717, 1.165) is 0 Å². The first kappa shape index (κ1) is 12.7. The van der Waals surface area contributed by atoms with E-state index in [1.807, 2.05) is 0 Å². The molecule has 1 aromatic carbocycles. The molecule has 0 aliphatic rings. The first-order valence-electron chi connectivity index (χ1n) is 4.59. The van der Waals surface area contributed by atoms with E-state index < -0.39 is 16.8 Å². The number of methoxy groups -OCH3 is 1. The molecule has 0 bridgehead atoms. The Morgan fingerprint density at radius 2 is 1.94 bits per heavy atom. The van der Waals surface area contributed by atoms with Crippen molar-refractivity contribution < 1.29 is 19.1 Å². The minimum absolute atomic E-state index is 0.200. The van der Waals surface area contributed by atoms with Crippen molar-refractivity contribution in [1.29, 1.82) is 0 Å². The summed E-state index contributed by atoms with van der Waals surface area (Å²) in [5, 5.41) is 0. The van der Waals surface area contributed by atoms with Crippen LogP contribution in [-0.2, 0) is 9.53 Å². The van der Waals surface area contributed by atoms with Gasteiger partial charge in [0.15, 0.2) is 0 Å². The molecule has 86 valence electrons. The number of hydrogen-bond acceptors (Lipinski definition) is 4. The standard InChI is InChI=1S/C11H11BrO4/c1-7(12)10(13)16-9-6-4-3-5-8(9)11(14)15-2/h3-7H,1-2H3. The molecule has 0 fully saturated rings. The van der Waals surface area contributed by atoms with Crippen LogP contribution in [0.25, 0.3) is 0 Å². The molecule has 1 rings (SSSR count). The van der Waals surface area contributed by atoms with Gasteiger partial charge >= 0.3 is 11.9 Å². The Bertz CT molecular complexity index is 401. The van der Waals surface area contributed by atoms with E-state index >= 15 is 0 Å². The summed E-state index contributed by atoms with van der Waals surface area (Å²) >= 11 is 3.09. The van der Waals surface area contributed by atoms with Crippen LogP contribution in [0, 0.1) is 0 Å². The molecule has 4 nitrogen and oxygen atoms in total. The molecular weight excluding hydrogens is 276 g/mol. The van der Waals surface area contributed by atoms with Gasteiger partial charge < -0.3 is 9.47 Å². The Kier molecular flexibility index (Phi) is 4.49. The molecule has 0 aromatic heterocycles. The molecule has 0 amide bonds. The minimum Gasteiger partial charge on any atom is -0.465 e. The van der Waals surface area contributed by atoms with Gasteiger partial charge in [-0.1, -0.05) is 28.1 Å². The van der Waals surface area contributed by atoms with E-state index in [1.54, 1.807) is 25.1 Å². The second-order valence-electron chi connectivity index (χ2n) is 3.02.